The Morgan fingerprint density at radius 2 is 2.10 bits per heavy atom. The standard InChI is InChI=1S/C7H10FNO/c1-5(10-3)4-7(8)6(2)9/h4H,1-2,9H2,3H3/b7-4+. The van der Waals surface area contributed by atoms with Crippen molar-refractivity contribution in [1.29, 1.82) is 0 Å². The summed E-state index contributed by atoms with van der Waals surface area (Å²) in [5.41, 5.74) is 4.88. The minimum Gasteiger partial charge on any atom is -0.497 e. The lowest BCUT2D eigenvalue weighted by molar-refractivity contribution is 0.307. The van der Waals surface area contributed by atoms with Crippen molar-refractivity contribution in [2.24, 2.45) is 5.73 Å². The maximum atomic E-state index is 12.5. The van der Waals surface area contributed by atoms with Gasteiger partial charge in [0.25, 0.3) is 0 Å². The molecule has 0 saturated heterocycles. The Balaban J connectivity index is 4.16. The van der Waals surface area contributed by atoms with E-state index in [4.69, 9.17) is 5.73 Å². The van der Waals surface area contributed by atoms with Crippen LogP contribution in [-0.4, -0.2) is 7.11 Å². The van der Waals surface area contributed by atoms with Crippen molar-refractivity contribution in [3.05, 3.63) is 36.5 Å². The Labute approximate surface area is 59.5 Å². The van der Waals surface area contributed by atoms with Gasteiger partial charge in [-0.25, -0.2) is 4.39 Å². The van der Waals surface area contributed by atoms with Crippen molar-refractivity contribution in [1.82, 2.24) is 0 Å². The zero-order valence-electron chi connectivity index (χ0n) is 5.86. The third-order valence-corrected chi connectivity index (χ3v) is 0.857. The largest absolute Gasteiger partial charge is 0.497 e. The monoisotopic (exact) mass is 143 g/mol. The average molecular weight is 143 g/mol. The van der Waals surface area contributed by atoms with Gasteiger partial charge in [-0.2, -0.15) is 0 Å². The fourth-order valence-electron chi connectivity index (χ4n) is 0.293. The number of hydrogen-bond acceptors (Lipinski definition) is 2. The predicted molar refractivity (Wildman–Crippen MR) is 38.7 cm³/mol. The van der Waals surface area contributed by atoms with E-state index in [1.807, 2.05) is 0 Å². The second kappa shape index (κ2) is 3.71. The van der Waals surface area contributed by atoms with Crippen LogP contribution in [0.25, 0.3) is 0 Å². The van der Waals surface area contributed by atoms with E-state index in [-0.39, 0.29) is 11.5 Å². The Morgan fingerprint density at radius 1 is 1.60 bits per heavy atom. The van der Waals surface area contributed by atoms with E-state index in [9.17, 15) is 4.39 Å². The number of rotatable bonds is 3. The van der Waals surface area contributed by atoms with Crippen LogP contribution in [0.5, 0.6) is 0 Å². The zero-order valence-corrected chi connectivity index (χ0v) is 5.86. The molecular weight excluding hydrogens is 133 g/mol. The van der Waals surface area contributed by atoms with Gasteiger partial charge in [0.15, 0.2) is 0 Å². The van der Waals surface area contributed by atoms with E-state index >= 15 is 0 Å². The molecule has 0 spiro atoms. The van der Waals surface area contributed by atoms with Crippen molar-refractivity contribution in [2.75, 3.05) is 7.11 Å². The van der Waals surface area contributed by atoms with Crippen LogP contribution < -0.4 is 5.73 Å². The molecule has 0 aliphatic heterocycles. The topological polar surface area (TPSA) is 35.2 Å². The Bertz CT molecular complexity index is 184. The van der Waals surface area contributed by atoms with E-state index in [1.165, 1.54) is 7.11 Å². The average Bonchev–Trinajstić information content (AvgIpc) is 1.87. The SMILES string of the molecule is C=C(/C=C(/F)C(=C)N)OC. The molecule has 0 unspecified atom stereocenters. The first-order chi connectivity index (χ1) is 4.57. The van der Waals surface area contributed by atoms with Gasteiger partial charge in [0.1, 0.15) is 11.6 Å². The van der Waals surface area contributed by atoms with Crippen LogP contribution in [0.15, 0.2) is 36.5 Å². The molecule has 2 N–H and O–H groups in total. The molecule has 0 bridgehead atoms. The highest BCUT2D eigenvalue weighted by Crippen LogP contribution is 2.06. The van der Waals surface area contributed by atoms with E-state index in [0.29, 0.717) is 0 Å². The molecular formula is C7H10FNO. The van der Waals surface area contributed by atoms with Gasteiger partial charge < -0.3 is 10.5 Å². The molecule has 2 nitrogen and oxygen atoms in total. The molecule has 0 saturated carbocycles. The normalized spacial score (nSPS) is 10.8. The minimum absolute atomic E-state index is 0.127. The summed E-state index contributed by atoms with van der Waals surface area (Å²) < 4.78 is 17.0. The summed E-state index contributed by atoms with van der Waals surface area (Å²) in [6.07, 6.45) is 1.07. The Morgan fingerprint density at radius 3 is 2.40 bits per heavy atom. The molecule has 10 heavy (non-hydrogen) atoms. The minimum atomic E-state index is -0.619. The molecule has 0 aliphatic rings. The van der Waals surface area contributed by atoms with E-state index in [0.717, 1.165) is 6.08 Å². The number of ether oxygens (including phenoxy) is 1. The van der Waals surface area contributed by atoms with Gasteiger partial charge in [-0.05, 0) is 0 Å². The predicted octanol–water partition coefficient (Wildman–Crippen LogP) is 1.47. The van der Waals surface area contributed by atoms with Crippen molar-refractivity contribution >= 4 is 0 Å². The number of nitrogens with two attached hydrogens (primary N) is 1. The maximum Gasteiger partial charge on any atom is 0.149 e. The lowest BCUT2D eigenvalue weighted by Crippen LogP contribution is -1.95. The fourth-order valence-corrected chi connectivity index (χ4v) is 0.293. The van der Waals surface area contributed by atoms with Gasteiger partial charge >= 0.3 is 0 Å². The lowest BCUT2D eigenvalue weighted by atomic mass is 10.4. The maximum absolute atomic E-state index is 12.5. The van der Waals surface area contributed by atoms with Crippen molar-refractivity contribution in [3.63, 3.8) is 0 Å². The molecule has 0 fully saturated rings. The highest BCUT2D eigenvalue weighted by Gasteiger charge is 1.95. The van der Waals surface area contributed by atoms with Gasteiger partial charge in [0.2, 0.25) is 0 Å². The summed E-state index contributed by atoms with van der Waals surface area (Å²) in [5.74, 6) is -0.407. The number of allylic oxidation sites excluding steroid dienone is 2. The van der Waals surface area contributed by atoms with Gasteiger partial charge in [-0.3, -0.25) is 0 Å². The van der Waals surface area contributed by atoms with E-state index in [1.54, 1.807) is 0 Å². The summed E-state index contributed by atoms with van der Waals surface area (Å²) >= 11 is 0. The molecule has 0 aromatic rings. The highest BCUT2D eigenvalue weighted by atomic mass is 19.1. The van der Waals surface area contributed by atoms with Crippen LogP contribution in [0, 0.1) is 0 Å². The van der Waals surface area contributed by atoms with Crippen LogP contribution in [0.3, 0.4) is 0 Å². The van der Waals surface area contributed by atoms with Crippen molar-refractivity contribution in [3.8, 4) is 0 Å². The van der Waals surface area contributed by atoms with Crippen molar-refractivity contribution in [2.45, 2.75) is 0 Å². The summed E-state index contributed by atoms with van der Waals surface area (Å²) in [7, 11) is 1.39. The van der Waals surface area contributed by atoms with Crippen molar-refractivity contribution < 1.29 is 9.13 Å². The van der Waals surface area contributed by atoms with Crippen LogP contribution in [0.2, 0.25) is 0 Å². The fraction of sp³-hybridized carbons (Fsp3) is 0.143. The molecule has 3 heteroatoms. The smallest absolute Gasteiger partial charge is 0.149 e. The van der Waals surface area contributed by atoms with Gasteiger partial charge in [-0.15, -0.1) is 0 Å². The van der Waals surface area contributed by atoms with Crippen LogP contribution in [0.1, 0.15) is 0 Å². The third kappa shape index (κ3) is 2.91. The first kappa shape index (κ1) is 8.75. The Hall–Kier alpha value is -1.25. The van der Waals surface area contributed by atoms with Crippen LogP contribution >= 0.6 is 0 Å². The first-order valence-corrected chi connectivity index (χ1v) is 2.62. The third-order valence-electron chi connectivity index (χ3n) is 0.857. The van der Waals surface area contributed by atoms with E-state index in [2.05, 4.69) is 17.9 Å². The summed E-state index contributed by atoms with van der Waals surface area (Å²) in [6, 6.07) is 0. The lowest BCUT2D eigenvalue weighted by Gasteiger charge is -1.97. The molecule has 0 amide bonds. The second-order valence-electron chi connectivity index (χ2n) is 1.69. The molecule has 0 aromatic heterocycles. The number of halogens is 1. The molecule has 56 valence electrons. The molecule has 0 aliphatic carbocycles. The molecule has 0 radical (unpaired) electrons. The Kier molecular flexibility index (Phi) is 3.25. The molecule has 0 rings (SSSR count). The molecule has 0 heterocycles. The number of hydrogen-bond donors (Lipinski definition) is 1. The first-order valence-electron chi connectivity index (χ1n) is 2.62. The highest BCUT2D eigenvalue weighted by molar-refractivity contribution is 5.24. The van der Waals surface area contributed by atoms with Gasteiger partial charge in [-0.1, -0.05) is 13.2 Å². The second-order valence-corrected chi connectivity index (χ2v) is 1.69. The van der Waals surface area contributed by atoms with Gasteiger partial charge in [0, 0.05) is 6.08 Å². The quantitative estimate of drug-likeness (QED) is 0.479. The van der Waals surface area contributed by atoms with E-state index < -0.39 is 5.83 Å². The van der Waals surface area contributed by atoms with Crippen LogP contribution in [0.4, 0.5) is 4.39 Å². The molecule has 0 atom stereocenters. The van der Waals surface area contributed by atoms with Gasteiger partial charge in [0.05, 0.1) is 12.8 Å². The van der Waals surface area contributed by atoms with Crippen LogP contribution in [-0.2, 0) is 4.74 Å². The molecule has 0 aromatic carbocycles. The summed E-state index contributed by atoms with van der Waals surface area (Å²) in [5, 5.41) is 0. The zero-order chi connectivity index (χ0) is 8.15. The number of methoxy groups -OCH3 is 1. The summed E-state index contributed by atoms with van der Waals surface area (Å²) in [6.45, 7) is 6.54. The summed E-state index contributed by atoms with van der Waals surface area (Å²) in [4.78, 5) is 0.